The molecule has 2 aromatic rings. The van der Waals surface area contributed by atoms with Crippen molar-refractivity contribution >= 4 is 28.2 Å². The Morgan fingerprint density at radius 2 is 2.00 bits per heavy atom. The summed E-state index contributed by atoms with van der Waals surface area (Å²) in [5.41, 5.74) is 0.611. The van der Waals surface area contributed by atoms with Crippen LogP contribution in [0.25, 0.3) is 10.8 Å². The van der Waals surface area contributed by atoms with Crippen LogP contribution in [0.15, 0.2) is 36.4 Å². The molecular formula is C14H13NO3. The van der Waals surface area contributed by atoms with E-state index in [9.17, 15) is 14.7 Å². The summed E-state index contributed by atoms with van der Waals surface area (Å²) >= 11 is 0. The first-order valence-corrected chi connectivity index (χ1v) is 5.57. The first-order valence-electron chi connectivity index (χ1n) is 5.57. The van der Waals surface area contributed by atoms with Gasteiger partial charge in [0.2, 0.25) is 5.91 Å². The SMILES string of the molecule is CC(=O)CC(=O)Nc1ccc2c(O)cccc2c1. The molecule has 0 atom stereocenters. The van der Waals surface area contributed by atoms with Crippen LogP contribution in [-0.4, -0.2) is 16.8 Å². The molecule has 0 aliphatic carbocycles. The van der Waals surface area contributed by atoms with Crippen molar-refractivity contribution in [1.82, 2.24) is 0 Å². The lowest BCUT2D eigenvalue weighted by atomic mass is 10.1. The molecule has 1 amide bonds. The normalized spacial score (nSPS) is 10.3. The number of rotatable bonds is 3. The van der Waals surface area contributed by atoms with Crippen molar-refractivity contribution in [2.24, 2.45) is 0 Å². The third kappa shape index (κ3) is 2.66. The maximum Gasteiger partial charge on any atom is 0.231 e. The smallest absolute Gasteiger partial charge is 0.231 e. The molecule has 18 heavy (non-hydrogen) atoms. The van der Waals surface area contributed by atoms with E-state index in [1.165, 1.54) is 6.92 Å². The number of carbonyl (C=O) groups excluding carboxylic acids is 2. The van der Waals surface area contributed by atoms with Crippen LogP contribution in [0.2, 0.25) is 0 Å². The molecule has 0 saturated heterocycles. The Hall–Kier alpha value is -2.36. The molecule has 0 heterocycles. The predicted octanol–water partition coefficient (Wildman–Crippen LogP) is 2.46. The molecule has 0 aromatic heterocycles. The fourth-order valence-electron chi connectivity index (χ4n) is 1.78. The molecule has 4 nitrogen and oxygen atoms in total. The van der Waals surface area contributed by atoms with E-state index in [2.05, 4.69) is 5.32 Å². The third-order valence-electron chi connectivity index (χ3n) is 2.55. The van der Waals surface area contributed by atoms with E-state index < -0.39 is 0 Å². The Balaban J connectivity index is 2.25. The minimum Gasteiger partial charge on any atom is -0.507 e. The van der Waals surface area contributed by atoms with Crippen molar-refractivity contribution in [2.75, 3.05) is 5.32 Å². The van der Waals surface area contributed by atoms with Crippen LogP contribution < -0.4 is 5.32 Å². The number of nitrogens with one attached hydrogen (secondary N) is 1. The zero-order chi connectivity index (χ0) is 13.1. The van der Waals surface area contributed by atoms with Crippen molar-refractivity contribution in [3.05, 3.63) is 36.4 Å². The summed E-state index contributed by atoms with van der Waals surface area (Å²) in [6.07, 6.45) is -0.127. The summed E-state index contributed by atoms with van der Waals surface area (Å²) < 4.78 is 0. The number of phenols is 1. The van der Waals surface area contributed by atoms with Gasteiger partial charge in [-0.2, -0.15) is 0 Å². The molecular weight excluding hydrogens is 230 g/mol. The van der Waals surface area contributed by atoms with Crippen LogP contribution in [0, 0.1) is 0 Å². The number of carbonyl (C=O) groups is 2. The zero-order valence-corrected chi connectivity index (χ0v) is 9.93. The second kappa shape index (κ2) is 4.87. The lowest BCUT2D eigenvalue weighted by Gasteiger charge is -2.06. The first kappa shape index (κ1) is 12.1. The Morgan fingerprint density at radius 1 is 1.22 bits per heavy atom. The average Bonchev–Trinajstić information content (AvgIpc) is 2.27. The molecule has 0 radical (unpaired) electrons. The molecule has 0 saturated carbocycles. The number of ketones is 1. The fourth-order valence-corrected chi connectivity index (χ4v) is 1.78. The molecule has 0 spiro atoms. The number of phenolic OH excluding ortho intramolecular Hbond substituents is 1. The largest absolute Gasteiger partial charge is 0.507 e. The number of amides is 1. The molecule has 92 valence electrons. The van der Waals surface area contributed by atoms with E-state index in [4.69, 9.17) is 0 Å². The summed E-state index contributed by atoms with van der Waals surface area (Å²) in [4.78, 5) is 22.3. The van der Waals surface area contributed by atoms with Gasteiger partial charge in [-0.15, -0.1) is 0 Å². The van der Waals surface area contributed by atoms with Crippen molar-refractivity contribution in [2.45, 2.75) is 13.3 Å². The quantitative estimate of drug-likeness (QED) is 0.814. The van der Waals surface area contributed by atoms with Gasteiger partial charge in [-0.25, -0.2) is 0 Å². The number of benzene rings is 2. The van der Waals surface area contributed by atoms with Gasteiger partial charge in [0.05, 0.1) is 6.42 Å². The van der Waals surface area contributed by atoms with Crippen LogP contribution in [0.5, 0.6) is 5.75 Å². The number of hydrogen-bond donors (Lipinski definition) is 2. The molecule has 0 bridgehead atoms. The zero-order valence-electron chi connectivity index (χ0n) is 9.93. The third-order valence-corrected chi connectivity index (χ3v) is 2.55. The van der Waals surface area contributed by atoms with Gasteiger partial charge in [-0.1, -0.05) is 12.1 Å². The highest BCUT2D eigenvalue weighted by atomic mass is 16.3. The lowest BCUT2D eigenvalue weighted by Crippen LogP contribution is -2.14. The van der Waals surface area contributed by atoms with Gasteiger partial charge in [0.15, 0.2) is 0 Å². The van der Waals surface area contributed by atoms with Gasteiger partial charge < -0.3 is 10.4 Å². The highest BCUT2D eigenvalue weighted by Crippen LogP contribution is 2.26. The summed E-state index contributed by atoms with van der Waals surface area (Å²) in [6, 6.07) is 10.4. The maximum absolute atomic E-state index is 11.4. The van der Waals surface area contributed by atoms with E-state index in [0.29, 0.717) is 5.69 Å². The van der Waals surface area contributed by atoms with Gasteiger partial charge in [0.25, 0.3) is 0 Å². The number of hydrogen-bond acceptors (Lipinski definition) is 3. The average molecular weight is 243 g/mol. The van der Waals surface area contributed by atoms with Crippen LogP contribution in [0.3, 0.4) is 0 Å². The first-order chi connectivity index (χ1) is 8.56. The summed E-state index contributed by atoms with van der Waals surface area (Å²) in [5, 5.41) is 13.8. The predicted molar refractivity (Wildman–Crippen MR) is 69.5 cm³/mol. The van der Waals surface area contributed by atoms with Crippen LogP contribution in [-0.2, 0) is 9.59 Å². The Bertz CT molecular complexity index is 619. The molecule has 0 aliphatic heterocycles. The molecule has 0 unspecified atom stereocenters. The Labute approximate surface area is 104 Å². The van der Waals surface area contributed by atoms with E-state index >= 15 is 0 Å². The van der Waals surface area contributed by atoms with E-state index in [-0.39, 0.29) is 23.9 Å². The fraction of sp³-hybridized carbons (Fsp3) is 0.143. The standard InChI is InChI=1S/C14H13NO3/c1-9(16)7-14(18)15-11-5-6-12-10(8-11)3-2-4-13(12)17/h2-6,8,17H,7H2,1H3,(H,15,18). The monoisotopic (exact) mass is 243 g/mol. The van der Waals surface area contributed by atoms with Gasteiger partial charge in [-0.05, 0) is 36.6 Å². The highest BCUT2D eigenvalue weighted by Gasteiger charge is 2.06. The van der Waals surface area contributed by atoms with Gasteiger partial charge in [-0.3, -0.25) is 9.59 Å². The van der Waals surface area contributed by atoms with Gasteiger partial charge in [0, 0.05) is 11.1 Å². The van der Waals surface area contributed by atoms with Crippen LogP contribution in [0.4, 0.5) is 5.69 Å². The topological polar surface area (TPSA) is 66.4 Å². The number of fused-ring (bicyclic) bond motifs is 1. The molecule has 0 aliphatic rings. The van der Waals surface area contributed by atoms with Gasteiger partial charge >= 0.3 is 0 Å². The lowest BCUT2D eigenvalue weighted by molar-refractivity contribution is -0.124. The molecule has 0 fully saturated rings. The summed E-state index contributed by atoms with van der Waals surface area (Å²) in [5.74, 6) is -0.304. The minimum atomic E-state index is -0.331. The summed E-state index contributed by atoms with van der Waals surface area (Å²) in [7, 11) is 0. The van der Waals surface area contributed by atoms with Gasteiger partial charge in [0.1, 0.15) is 11.5 Å². The highest BCUT2D eigenvalue weighted by molar-refractivity contribution is 6.04. The van der Waals surface area contributed by atoms with Crippen molar-refractivity contribution in [3.8, 4) is 5.75 Å². The Morgan fingerprint density at radius 3 is 2.72 bits per heavy atom. The van der Waals surface area contributed by atoms with Crippen molar-refractivity contribution in [1.29, 1.82) is 0 Å². The second-order valence-corrected chi connectivity index (χ2v) is 4.14. The second-order valence-electron chi connectivity index (χ2n) is 4.14. The molecule has 2 aromatic carbocycles. The van der Waals surface area contributed by atoms with Crippen molar-refractivity contribution < 1.29 is 14.7 Å². The van der Waals surface area contributed by atoms with E-state index in [0.717, 1.165) is 10.8 Å². The van der Waals surface area contributed by atoms with Crippen LogP contribution >= 0.6 is 0 Å². The summed E-state index contributed by atoms with van der Waals surface area (Å²) in [6.45, 7) is 1.37. The van der Waals surface area contributed by atoms with E-state index in [1.807, 2.05) is 6.07 Å². The number of aromatic hydroxyl groups is 1. The Kier molecular flexibility index (Phi) is 3.28. The molecule has 2 N–H and O–H groups in total. The van der Waals surface area contributed by atoms with E-state index in [1.54, 1.807) is 30.3 Å². The maximum atomic E-state index is 11.4. The number of Topliss-reactive ketones (excluding diaryl/α,β-unsaturated/α-hetero) is 1. The van der Waals surface area contributed by atoms with Crippen LogP contribution in [0.1, 0.15) is 13.3 Å². The molecule has 2 rings (SSSR count). The van der Waals surface area contributed by atoms with Crippen molar-refractivity contribution in [3.63, 3.8) is 0 Å². The minimum absolute atomic E-state index is 0.127. The number of anilines is 1. The molecule has 4 heteroatoms.